The van der Waals surface area contributed by atoms with Crippen LogP contribution in [-0.4, -0.2) is 33.6 Å². The lowest BCUT2D eigenvalue weighted by Crippen LogP contribution is -2.21. The largest absolute Gasteiger partial charge is 0.494 e. The first-order valence-corrected chi connectivity index (χ1v) is 12.5. The zero-order valence-corrected chi connectivity index (χ0v) is 21.1. The van der Waals surface area contributed by atoms with E-state index in [4.69, 9.17) is 21.0 Å². The van der Waals surface area contributed by atoms with Gasteiger partial charge in [0.15, 0.2) is 0 Å². The molecule has 0 aliphatic heterocycles. The van der Waals surface area contributed by atoms with Gasteiger partial charge in [-0.2, -0.15) is 5.10 Å². The number of aromatic nitrogens is 3. The molecule has 3 aromatic heterocycles. The summed E-state index contributed by atoms with van der Waals surface area (Å²) in [5, 5.41) is 15.9. The summed E-state index contributed by atoms with van der Waals surface area (Å²) >= 11 is 0. The van der Waals surface area contributed by atoms with Crippen LogP contribution in [0, 0.1) is 11.2 Å². The molecule has 0 fully saturated rings. The number of nitrogens with zero attached hydrogens (tertiary/aromatic N) is 3. The summed E-state index contributed by atoms with van der Waals surface area (Å²) in [7, 11) is 0. The molecule has 2 aromatic carbocycles. The minimum atomic E-state index is -0.276. The highest BCUT2D eigenvalue weighted by molar-refractivity contribution is 5.95. The quantitative estimate of drug-likeness (QED) is 0.129. The van der Waals surface area contributed by atoms with E-state index in [-0.39, 0.29) is 17.7 Å². The third kappa shape index (κ3) is 5.55. The van der Waals surface area contributed by atoms with Crippen molar-refractivity contribution in [3.63, 3.8) is 0 Å². The van der Waals surface area contributed by atoms with E-state index < -0.39 is 0 Å². The summed E-state index contributed by atoms with van der Waals surface area (Å²) in [6.45, 7) is 3.48. The summed E-state index contributed by atoms with van der Waals surface area (Å²) in [5.41, 5.74) is 11.9. The van der Waals surface area contributed by atoms with Gasteiger partial charge in [0.25, 0.3) is 0 Å². The van der Waals surface area contributed by atoms with Crippen LogP contribution in [0.5, 0.6) is 5.75 Å². The van der Waals surface area contributed by atoms with Gasteiger partial charge >= 0.3 is 0 Å². The first-order valence-electron chi connectivity index (χ1n) is 12.5. The minimum Gasteiger partial charge on any atom is -0.494 e. The van der Waals surface area contributed by atoms with Crippen molar-refractivity contribution >= 4 is 11.4 Å². The highest BCUT2D eigenvalue weighted by atomic mass is 19.1. The molecule has 0 unspecified atom stereocenters. The second kappa shape index (κ2) is 11.2. The van der Waals surface area contributed by atoms with E-state index in [1.165, 1.54) is 12.1 Å². The Bertz CT molecular complexity index is 1530. The summed E-state index contributed by atoms with van der Waals surface area (Å²) in [5.74, 6) is 0.527. The van der Waals surface area contributed by atoms with E-state index in [1.807, 2.05) is 35.0 Å². The van der Waals surface area contributed by atoms with Crippen molar-refractivity contribution in [3.05, 3.63) is 108 Å². The van der Waals surface area contributed by atoms with Crippen molar-refractivity contribution in [3.8, 4) is 28.1 Å². The molecule has 0 amide bonds. The number of hydrogen-bond acceptors (Lipinski definition) is 5. The molecule has 0 saturated carbocycles. The average Bonchev–Trinajstić information content (AvgIpc) is 3.32. The number of pyridine rings is 2. The van der Waals surface area contributed by atoms with Crippen LogP contribution in [0.15, 0.2) is 91.4 Å². The summed E-state index contributed by atoms with van der Waals surface area (Å²) in [6.07, 6.45) is 6.40. The first kappa shape index (κ1) is 25.1. The molecule has 3 heterocycles. The fourth-order valence-electron chi connectivity index (χ4n) is 4.36. The standard InChI is InChI=1S/C30H29FN6O/c1-20(35-15-2-18-38-26-10-5-23(6-11-26)30(32)33)24-7-12-27-28(21-13-16-34-17-14-21)29(36-37(27)19-24)22-3-8-25(31)9-4-22/h3-14,16-17,19-20,35H,2,15,18H2,1H3,(H3,32,33)/t20-/m1/s1. The molecule has 4 N–H and O–H groups in total. The molecule has 38 heavy (non-hydrogen) atoms. The van der Waals surface area contributed by atoms with E-state index in [1.54, 1.807) is 36.7 Å². The zero-order valence-electron chi connectivity index (χ0n) is 21.1. The van der Waals surface area contributed by atoms with Gasteiger partial charge in [0.1, 0.15) is 23.1 Å². The van der Waals surface area contributed by atoms with Gasteiger partial charge in [-0.15, -0.1) is 0 Å². The SMILES string of the molecule is C[C@@H](NCCCOc1ccc(C(=N)N)cc1)c1ccc2c(-c3ccncc3)c(-c3ccc(F)cc3)nn2c1. The molecule has 1 atom stereocenters. The summed E-state index contributed by atoms with van der Waals surface area (Å²) in [4.78, 5) is 4.15. The molecule has 192 valence electrons. The molecular formula is C30H29FN6O. The third-order valence-corrected chi connectivity index (χ3v) is 6.44. The zero-order chi connectivity index (χ0) is 26.5. The number of rotatable bonds is 10. The van der Waals surface area contributed by atoms with Crippen molar-refractivity contribution < 1.29 is 9.13 Å². The van der Waals surface area contributed by atoms with E-state index >= 15 is 0 Å². The number of nitrogen functional groups attached to an aromatic ring is 1. The fourth-order valence-corrected chi connectivity index (χ4v) is 4.36. The van der Waals surface area contributed by atoms with Crippen LogP contribution in [0.2, 0.25) is 0 Å². The normalized spacial score (nSPS) is 11.9. The molecular weight excluding hydrogens is 479 g/mol. The Morgan fingerprint density at radius 3 is 2.45 bits per heavy atom. The number of nitrogens with one attached hydrogen (secondary N) is 2. The maximum absolute atomic E-state index is 13.6. The van der Waals surface area contributed by atoms with E-state index in [0.29, 0.717) is 12.2 Å². The van der Waals surface area contributed by atoms with Crippen LogP contribution in [0.3, 0.4) is 0 Å². The topological polar surface area (TPSA) is 101 Å². The highest BCUT2D eigenvalue weighted by Crippen LogP contribution is 2.35. The van der Waals surface area contributed by atoms with Gasteiger partial charge in [-0.25, -0.2) is 8.91 Å². The van der Waals surface area contributed by atoms with Crippen LogP contribution in [0.4, 0.5) is 4.39 Å². The Balaban J connectivity index is 1.28. The molecule has 5 aromatic rings. The molecule has 5 rings (SSSR count). The van der Waals surface area contributed by atoms with Gasteiger partial charge in [-0.1, -0.05) is 6.07 Å². The lowest BCUT2D eigenvalue weighted by atomic mass is 10.0. The first-order chi connectivity index (χ1) is 18.5. The summed E-state index contributed by atoms with van der Waals surface area (Å²) < 4.78 is 21.3. The second-order valence-electron chi connectivity index (χ2n) is 9.07. The van der Waals surface area contributed by atoms with Gasteiger partial charge in [0.05, 0.1) is 12.1 Å². The number of amidine groups is 1. The van der Waals surface area contributed by atoms with Crippen LogP contribution >= 0.6 is 0 Å². The molecule has 0 saturated heterocycles. The van der Waals surface area contributed by atoms with Gasteiger partial charge in [-0.05, 0) is 97.7 Å². The van der Waals surface area contributed by atoms with E-state index in [9.17, 15) is 4.39 Å². The molecule has 7 nitrogen and oxygen atoms in total. The van der Waals surface area contributed by atoms with Gasteiger partial charge in [0.2, 0.25) is 0 Å². The average molecular weight is 509 g/mol. The van der Waals surface area contributed by atoms with Crippen LogP contribution in [0.25, 0.3) is 27.9 Å². The lowest BCUT2D eigenvalue weighted by Gasteiger charge is -2.15. The van der Waals surface area contributed by atoms with Gasteiger partial charge in [0, 0.05) is 41.3 Å². The monoisotopic (exact) mass is 508 g/mol. The fraction of sp³-hybridized carbons (Fsp3) is 0.167. The molecule has 0 radical (unpaired) electrons. The molecule has 0 bridgehead atoms. The van der Waals surface area contributed by atoms with Crippen molar-refractivity contribution in [2.24, 2.45) is 5.73 Å². The van der Waals surface area contributed by atoms with Gasteiger partial charge < -0.3 is 15.8 Å². The van der Waals surface area contributed by atoms with Crippen LogP contribution < -0.4 is 15.8 Å². The number of hydrogen-bond donors (Lipinski definition) is 3. The Morgan fingerprint density at radius 2 is 1.74 bits per heavy atom. The smallest absolute Gasteiger partial charge is 0.123 e. The number of halogens is 1. The highest BCUT2D eigenvalue weighted by Gasteiger charge is 2.17. The predicted molar refractivity (Wildman–Crippen MR) is 148 cm³/mol. The number of benzene rings is 2. The maximum Gasteiger partial charge on any atom is 0.123 e. The number of fused-ring (bicyclic) bond motifs is 1. The minimum absolute atomic E-state index is 0.0447. The Labute approximate surface area is 220 Å². The van der Waals surface area contributed by atoms with Gasteiger partial charge in [-0.3, -0.25) is 10.4 Å². The summed E-state index contributed by atoms with van der Waals surface area (Å²) in [6, 6.07) is 21.9. The van der Waals surface area contributed by atoms with Crippen molar-refractivity contribution in [2.45, 2.75) is 19.4 Å². The lowest BCUT2D eigenvalue weighted by molar-refractivity contribution is 0.305. The van der Waals surface area contributed by atoms with Crippen molar-refractivity contribution in [1.29, 1.82) is 5.41 Å². The molecule has 0 spiro atoms. The number of nitrogens with two attached hydrogens (primary N) is 1. The maximum atomic E-state index is 13.6. The second-order valence-corrected chi connectivity index (χ2v) is 9.07. The molecule has 8 heteroatoms. The Hall–Kier alpha value is -4.56. The Kier molecular flexibility index (Phi) is 7.42. The van der Waals surface area contributed by atoms with Crippen molar-refractivity contribution in [2.75, 3.05) is 13.2 Å². The third-order valence-electron chi connectivity index (χ3n) is 6.44. The Morgan fingerprint density at radius 1 is 1.00 bits per heavy atom. The predicted octanol–water partition coefficient (Wildman–Crippen LogP) is 5.61. The van der Waals surface area contributed by atoms with E-state index in [0.717, 1.165) is 52.2 Å². The van der Waals surface area contributed by atoms with E-state index in [2.05, 4.69) is 29.4 Å². The molecule has 0 aliphatic rings. The van der Waals surface area contributed by atoms with Crippen LogP contribution in [0.1, 0.15) is 30.5 Å². The van der Waals surface area contributed by atoms with Crippen LogP contribution in [-0.2, 0) is 0 Å². The number of ether oxygens (including phenoxy) is 1. The van der Waals surface area contributed by atoms with Crippen molar-refractivity contribution in [1.82, 2.24) is 19.9 Å². The molecule has 0 aliphatic carbocycles.